The topological polar surface area (TPSA) is 60.0 Å². The van der Waals surface area contributed by atoms with E-state index in [0.29, 0.717) is 21.4 Å². The van der Waals surface area contributed by atoms with Crippen LogP contribution in [0.5, 0.6) is 0 Å². The molecule has 0 radical (unpaired) electrons. The van der Waals surface area contributed by atoms with Crippen LogP contribution >= 0.6 is 23.2 Å². The highest BCUT2D eigenvalue weighted by Crippen LogP contribution is 2.25. The lowest BCUT2D eigenvalue weighted by molar-refractivity contribution is 0.0947. The number of nitrogen functional groups attached to an aromatic ring is 1. The molecule has 0 fully saturated rings. The molecular formula is C11H9Cl2N3O. The lowest BCUT2D eigenvalue weighted by atomic mass is 10.3. The molecule has 2 rings (SSSR count). The molecule has 0 aliphatic carbocycles. The van der Waals surface area contributed by atoms with Crippen LogP contribution in [0.15, 0.2) is 36.5 Å². The van der Waals surface area contributed by atoms with Crippen molar-refractivity contribution in [2.75, 3.05) is 0 Å². The Bertz CT molecular complexity index is 566. The van der Waals surface area contributed by atoms with Gasteiger partial charge in [0, 0.05) is 11.2 Å². The van der Waals surface area contributed by atoms with Crippen LogP contribution in [0, 0.1) is 0 Å². The summed E-state index contributed by atoms with van der Waals surface area (Å²) >= 11 is 12.0. The zero-order valence-electron chi connectivity index (χ0n) is 8.65. The smallest absolute Gasteiger partial charge is 0.282 e. The number of rotatable bonds is 2. The van der Waals surface area contributed by atoms with Crippen LogP contribution in [0.1, 0.15) is 10.5 Å². The van der Waals surface area contributed by atoms with Gasteiger partial charge in [-0.05, 0) is 30.3 Å². The van der Waals surface area contributed by atoms with Crippen molar-refractivity contribution in [1.29, 1.82) is 0 Å². The molecule has 3 N–H and O–H groups in total. The van der Waals surface area contributed by atoms with Crippen LogP contribution < -0.4 is 11.3 Å². The molecule has 0 atom stereocenters. The summed E-state index contributed by atoms with van der Waals surface area (Å²) in [7, 11) is 0. The minimum atomic E-state index is -0.397. The summed E-state index contributed by atoms with van der Waals surface area (Å²) in [5, 5.41) is 1.04. The predicted molar refractivity (Wildman–Crippen MR) is 67.4 cm³/mol. The van der Waals surface area contributed by atoms with E-state index in [2.05, 4.69) is 5.43 Å². The third-order valence-corrected chi connectivity index (χ3v) is 2.83. The van der Waals surface area contributed by atoms with Crippen LogP contribution in [-0.4, -0.2) is 10.5 Å². The van der Waals surface area contributed by atoms with Crippen molar-refractivity contribution >= 4 is 29.1 Å². The second kappa shape index (κ2) is 4.79. The Hall–Kier alpha value is -1.49. The molecular weight excluding hydrogens is 261 g/mol. The van der Waals surface area contributed by atoms with Gasteiger partial charge in [-0.2, -0.15) is 0 Å². The fourth-order valence-corrected chi connectivity index (χ4v) is 1.90. The largest absolute Gasteiger partial charge is 0.311 e. The van der Waals surface area contributed by atoms with E-state index in [1.165, 1.54) is 0 Å². The minimum absolute atomic E-state index is 0.386. The van der Waals surface area contributed by atoms with Gasteiger partial charge in [0.15, 0.2) is 0 Å². The monoisotopic (exact) mass is 269 g/mol. The van der Waals surface area contributed by atoms with Gasteiger partial charge < -0.3 is 4.57 Å². The number of hydrogen-bond donors (Lipinski definition) is 2. The molecule has 0 unspecified atom stereocenters. The average Bonchev–Trinajstić information content (AvgIpc) is 2.80. The number of hydrogen-bond acceptors (Lipinski definition) is 2. The van der Waals surface area contributed by atoms with Crippen molar-refractivity contribution in [3.8, 4) is 5.69 Å². The number of benzene rings is 1. The quantitative estimate of drug-likeness (QED) is 0.500. The van der Waals surface area contributed by atoms with Crippen LogP contribution in [0.4, 0.5) is 0 Å². The number of nitrogens with two attached hydrogens (primary N) is 1. The van der Waals surface area contributed by atoms with Crippen molar-refractivity contribution < 1.29 is 4.79 Å². The maximum absolute atomic E-state index is 11.5. The number of hydrazine groups is 1. The second-order valence-electron chi connectivity index (χ2n) is 3.33. The molecule has 0 spiro atoms. The predicted octanol–water partition coefficient (Wildman–Crippen LogP) is 2.39. The molecule has 2 aromatic rings. The maximum Gasteiger partial charge on any atom is 0.282 e. The summed E-state index contributed by atoms with van der Waals surface area (Å²) < 4.78 is 1.62. The number of amides is 1. The number of halogens is 2. The summed E-state index contributed by atoms with van der Waals surface area (Å²) in [6.07, 6.45) is 1.71. The highest BCUT2D eigenvalue weighted by atomic mass is 35.5. The number of nitrogens with one attached hydrogen (secondary N) is 1. The summed E-state index contributed by atoms with van der Waals surface area (Å²) in [5.41, 5.74) is 3.09. The van der Waals surface area contributed by atoms with Crippen LogP contribution in [0.25, 0.3) is 5.69 Å². The third-order valence-electron chi connectivity index (χ3n) is 2.28. The molecule has 0 saturated carbocycles. The Morgan fingerprint density at radius 1 is 1.29 bits per heavy atom. The van der Waals surface area contributed by atoms with E-state index in [-0.39, 0.29) is 0 Å². The molecule has 17 heavy (non-hydrogen) atoms. The molecule has 6 heteroatoms. The number of aromatic nitrogens is 1. The van der Waals surface area contributed by atoms with Gasteiger partial charge in [-0.15, -0.1) is 0 Å². The number of carbonyl (C=O) groups is 1. The van der Waals surface area contributed by atoms with Gasteiger partial charge in [-0.1, -0.05) is 23.2 Å². The molecule has 1 aromatic carbocycles. The first-order valence-electron chi connectivity index (χ1n) is 4.77. The molecule has 88 valence electrons. The van der Waals surface area contributed by atoms with Crippen molar-refractivity contribution in [2.24, 2.45) is 5.84 Å². The highest BCUT2D eigenvalue weighted by molar-refractivity contribution is 6.34. The Balaban J connectivity index is 2.57. The van der Waals surface area contributed by atoms with E-state index in [1.54, 1.807) is 41.1 Å². The van der Waals surface area contributed by atoms with Gasteiger partial charge in [-0.3, -0.25) is 10.2 Å². The van der Waals surface area contributed by atoms with Crippen molar-refractivity contribution in [3.63, 3.8) is 0 Å². The van der Waals surface area contributed by atoms with Gasteiger partial charge in [0.1, 0.15) is 5.69 Å². The van der Waals surface area contributed by atoms with E-state index in [1.807, 2.05) is 0 Å². The number of nitrogens with zero attached hydrogens (tertiary/aromatic N) is 1. The lowest BCUT2D eigenvalue weighted by Gasteiger charge is -2.10. The summed E-state index contributed by atoms with van der Waals surface area (Å²) in [6.45, 7) is 0. The van der Waals surface area contributed by atoms with E-state index >= 15 is 0 Å². The first kappa shape index (κ1) is 12.0. The molecule has 0 saturated heterocycles. The maximum atomic E-state index is 11.5. The SMILES string of the molecule is NNC(=O)c1cccn1-c1cc(Cl)ccc1Cl. The Morgan fingerprint density at radius 3 is 2.76 bits per heavy atom. The Kier molecular flexibility index (Phi) is 3.38. The lowest BCUT2D eigenvalue weighted by Crippen LogP contribution is -2.31. The van der Waals surface area contributed by atoms with Crippen molar-refractivity contribution in [2.45, 2.75) is 0 Å². The molecule has 4 nitrogen and oxygen atoms in total. The fourth-order valence-electron chi connectivity index (χ4n) is 1.52. The zero-order valence-corrected chi connectivity index (χ0v) is 10.2. The molecule has 0 aliphatic rings. The number of carbonyl (C=O) groups excluding carboxylic acids is 1. The van der Waals surface area contributed by atoms with Gasteiger partial charge in [0.05, 0.1) is 10.7 Å². The summed E-state index contributed by atoms with van der Waals surface area (Å²) in [4.78, 5) is 11.5. The second-order valence-corrected chi connectivity index (χ2v) is 4.18. The Labute approximate surface area is 108 Å². The first-order chi connectivity index (χ1) is 8.13. The highest BCUT2D eigenvalue weighted by Gasteiger charge is 2.12. The van der Waals surface area contributed by atoms with E-state index in [0.717, 1.165) is 0 Å². The third kappa shape index (κ3) is 2.29. The van der Waals surface area contributed by atoms with Gasteiger partial charge in [-0.25, -0.2) is 5.84 Å². The normalized spacial score (nSPS) is 10.3. The molecule has 1 aromatic heterocycles. The molecule has 0 aliphatic heterocycles. The minimum Gasteiger partial charge on any atom is -0.311 e. The van der Waals surface area contributed by atoms with Gasteiger partial charge in [0.2, 0.25) is 0 Å². The summed E-state index contributed by atoms with van der Waals surface area (Å²) in [5.74, 6) is 4.71. The van der Waals surface area contributed by atoms with Crippen molar-refractivity contribution in [3.05, 3.63) is 52.3 Å². The van der Waals surface area contributed by atoms with Crippen LogP contribution in [0.2, 0.25) is 10.0 Å². The molecule has 0 bridgehead atoms. The van der Waals surface area contributed by atoms with Gasteiger partial charge >= 0.3 is 0 Å². The standard InChI is InChI=1S/C11H9Cl2N3O/c12-7-3-4-8(13)10(6-7)16-5-1-2-9(16)11(17)15-14/h1-6H,14H2,(H,15,17). The molecule has 1 amide bonds. The van der Waals surface area contributed by atoms with Crippen LogP contribution in [-0.2, 0) is 0 Å². The van der Waals surface area contributed by atoms with Crippen LogP contribution in [0.3, 0.4) is 0 Å². The molecule has 1 heterocycles. The zero-order chi connectivity index (χ0) is 12.4. The Morgan fingerprint density at radius 2 is 2.06 bits per heavy atom. The average molecular weight is 270 g/mol. The van der Waals surface area contributed by atoms with Gasteiger partial charge in [0.25, 0.3) is 5.91 Å². The fraction of sp³-hybridized carbons (Fsp3) is 0. The van der Waals surface area contributed by atoms with E-state index in [9.17, 15) is 4.79 Å². The first-order valence-corrected chi connectivity index (χ1v) is 5.53. The van der Waals surface area contributed by atoms with E-state index in [4.69, 9.17) is 29.0 Å². The summed E-state index contributed by atoms with van der Waals surface area (Å²) in [6, 6.07) is 8.39. The van der Waals surface area contributed by atoms with Crippen molar-refractivity contribution in [1.82, 2.24) is 9.99 Å². The van der Waals surface area contributed by atoms with E-state index < -0.39 is 5.91 Å².